The van der Waals surface area contributed by atoms with Gasteiger partial charge in [0.1, 0.15) is 11.5 Å². The Bertz CT molecular complexity index is 495. The van der Waals surface area contributed by atoms with Crippen LogP contribution >= 0.6 is 34.8 Å². The van der Waals surface area contributed by atoms with Gasteiger partial charge in [-0.1, -0.05) is 34.8 Å². The van der Waals surface area contributed by atoms with Gasteiger partial charge in [0, 0.05) is 12.1 Å². The van der Waals surface area contributed by atoms with Crippen LogP contribution in [0.3, 0.4) is 0 Å². The number of ether oxygens (including phenoxy) is 1. The standard InChI is InChI=1S/C11H10Cl3NO3/c1-18-6-2-3-7(8(16)4-6)9(17)5-10(15)11(12,13)14/h2-5,16H,15H2,1H3. The average Bonchev–Trinajstić information content (AvgIpc) is 2.27. The SMILES string of the molecule is COc1ccc(C(=O)C=C(N)C(Cl)(Cl)Cl)c(O)c1. The molecule has 4 nitrogen and oxygen atoms in total. The number of hydrogen-bond donors (Lipinski definition) is 2. The fourth-order valence-corrected chi connectivity index (χ4v) is 1.31. The summed E-state index contributed by atoms with van der Waals surface area (Å²) in [5.41, 5.74) is 5.24. The van der Waals surface area contributed by atoms with Crippen LogP contribution in [0.5, 0.6) is 11.5 Å². The summed E-state index contributed by atoms with van der Waals surface area (Å²) in [4.78, 5) is 11.8. The second-order valence-electron chi connectivity index (χ2n) is 3.34. The van der Waals surface area contributed by atoms with Crippen molar-refractivity contribution in [2.75, 3.05) is 7.11 Å². The Kier molecular flexibility index (Phi) is 4.73. The first-order valence-electron chi connectivity index (χ1n) is 4.71. The second-order valence-corrected chi connectivity index (χ2v) is 5.63. The van der Waals surface area contributed by atoms with Gasteiger partial charge in [0.2, 0.25) is 3.79 Å². The number of nitrogens with two attached hydrogens (primary N) is 1. The smallest absolute Gasteiger partial charge is 0.230 e. The van der Waals surface area contributed by atoms with Crippen molar-refractivity contribution in [3.8, 4) is 11.5 Å². The summed E-state index contributed by atoms with van der Waals surface area (Å²) in [5.74, 6) is -0.394. The minimum Gasteiger partial charge on any atom is -0.507 e. The quantitative estimate of drug-likeness (QED) is 0.511. The van der Waals surface area contributed by atoms with Crippen LogP contribution in [-0.2, 0) is 0 Å². The van der Waals surface area contributed by atoms with Crippen LogP contribution in [0.15, 0.2) is 30.0 Å². The highest BCUT2D eigenvalue weighted by Crippen LogP contribution is 2.32. The molecule has 0 saturated carbocycles. The van der Waals surface area contributed by atoms with Crippen LogP contribution in [0.25, 0.3) is 0 Å². The molecule has 1 rings (SSSR count). The lowest BCUT2D eigenvalue weighted by molar-refractivity contribution is 0.104. The van der Waals surface area contributed by atoms with Crippen LogP contribution in [0.4, 0.5) is 0 Å². The zero-order chi connectivity index (χ0) is 13.9. The van der Waals surface area contributed by atoms with Gasteiger partial charge in [-0.25, -0.2) is 0 Å². The summed E-state index contributed by atoms with van der Waals surface area (Å²) in [5, 5.41) is 9.64. The zero-order valence-corrected chi connectivity index (χ0v) is 11.6. The lowest BCUT2D eigenvalue weighted by Crippen LogP contribution is -2.17. The molecule has 0 aromatic heterocycles. The van der Waals surface area contributed by atoms with Crippen molar-refractivity contribution < 1.29 is 14.6 Å². The van der Waals surface area contributed by atoms with Gasteiger partial charge in [-0.15, -0.1) is 0 Å². The normalized spacial score (nSPS) is 12.3. The number of carbonyl (C=O) groups is 1. The van der Waals surface area contributed by atoms with Gasteiger partial charge in [-0.05, 0) is 12.1 Å². The third kappa shape index (κ3) is 3.70. The lowest BCUT2D eigenvalue weighted by atomic mass is 10.1. The first kappa shape index (κ1) is 15.0. The first-order valence-corrected chi connectivity index (χ1v) is 5.85. The van der Waals surface area contributed by atoms with Crippen molar-refractivity contribution >= 4 is 40.6 Å². The third-order valence-electron chi connectivity index (χ3n) is 2.08. The molecule has 0 bridgehead atoms. The molecule has 0 unspecified atom stereocenters. The Hall–Kier alpha value is -1.10. The van der Waals surface area contributed by atoms with Crippen LogP contribution in [0.1, 0.15) is 10.4 Å². The predicted molar refractivity (Wildman–Crippen MR) is 71.5 cm³/mol. The molecule has 0 atom stereocenters. The van der Waals surface area contributed by atoms with Crippen molar-refractivity contribution in [1.29, 1.82) is 0 Å². The summed E-state index contributed by atoms with van der Waals surface area (Å²) in [6.45, 7) is 0. The largest absolute Gasteiger partial charge is 0.507 e. The molecule has 1 aromatic carbocycles. The minimum absolute atomic E-state index is 0.0352. The highest BCUT2D eigenvalue weighted by atomic mass is 35.6. The molecule has 1 aromatic rings. The van der Waals surface area contributed by atoms with Crippen LogP contribution in [-0.4, -0.2) is 21.8 Å². The van der Waals surface area contributed by atoms with E-state index in [9.17, 15) is 9.90 Å². The predicted octanol–water partition coefficient (Wildman–Crippen LogP) is 2.80. The number of rotatable bonds is 3. The summed E-state index contributed by atoms with van der Waals surface area (Å²) in [6.07, 6.45) is 0.953. The van der Waals surface area contributed by atoms with Crippen molar-refractivity contribution in [1.82, 2.24) is 0 Å². The first-order chi connectivity index (χ1) is 8.25. The molecular formula is C11H10Cl3NO3. The number of phenolic OH excluding ortho intramolecular Hbond substituents is 1. The molecular weight excluding hydrogens is 300 g/mol. The molecule has 0 heterocycles. The number of ketones is 1. The van der Waals surface area contributed by atoms with E-state index in [1.54, 1.807) is 0 Å². The van der Waals surface area contributed by atoms with E-state index in [4.69, 9.17) is 45.3 Å². The van der Waals surface area contributed by atoms with Gasteiger partial charge in [-0.2, -0.15) is 0 Å². The fraction of sp³-hybridized carbons (Fsp3) is 0.182. The summed E-state index contributed by atoms with van der Waals surface area (Å²) in [7, 11) is 1.44. The molecule has 7 heteroatoms. The number of benzene rings is 1. The van der Waals surface area contributed by atoms with Gasteiger partial charge in [0.15, 0.2) is 5.78 Å². The number of alkyl halides is 3. The van der Waals surface area contributed by atoms with Gasteiger partial charge in [0.05, 0.1) is 18.4 Å². The molecule has 0 aliphatic carbocycles. The monoisotopic (exact) mass is 309 g/mol. The lowest BCUT2D eigenvalue weighted by Gasteiger charge is -2.10. The maximum Gasteiger partial charge on any atom is 0.230 e. The van der Waals surface area contributed by atoms with E-state index in [-0.39, 0.29) is 17.0 Å². The highest BCUT2D eigenvalue weighted by Gasteiger charge is 2.24. The Balaban J connectivity index is 3.06. The third-order valence-corrected chi connectivity index (χ3v) is 2.74. The van der Waals surface area contributed by atoms with Gasteiger partial charge in [-0.3, -0.25) is 4.79 Å². The molecule has 0 aliphatic rings. The van der Waals surface area contributed by atoms with E-state index in [2.05, 4.69) is 0 Å². The van der Waals surface area contributed by atoms with Crippen LogP contribution in [0, 0.1) is 0 Å². The van der Waals surface area contributed by atoms with Crippen molar-refractivity contribution in [3.05, 3.63) is 35.5 Å². The Morgan fingerprint density at radius 1 is 1.44 bits per heavy atom. The summed E-state index contributed by atoms with van der Waals surface area (Å²) < 4.78 is 3.03. The minimum atomic E-state index is -1.86. The molecule has 0 spiro atoms. The molecule has 0 saturated heterocycles. The number of aromatic hydroxyl groups is 1. The van der Waals surface area contributed by atoms with E-state index < -0.39 is 9.58 Å². The van der Waals surface area contributed by atoms with E-state index in [1.165, 1.54) is 25.3 Å². The zero-order valence-electron chi connectivity index (χ0n) is 9.28. The van der Waals surface area contributed by atoms with Gasteiger partial charge in [0.25, 0.3) is 0 Å². The number of allylic oxidation sites excluding steroid dienone is 2. The fourth-order valence-electron chi connectivity index (χ4n) is 1.15. The molecule has 0 amide bonds. The van der Waals surface area contributed by atoms with E-state index in [1.807, 2.05) is 0 Å². The number of phenols is 1. The topological polar surface area (TPSA) is 72.5 Å². The highest BCUT2D eigenvalue weighted by molar-refractivity contribution is 6.69. The van der Waals surface area contributed by atoms with E-state index in [0.29, 0.717) is 5.75 Å². The van der Waals surface area contributed by atoms with Crippen molar-refractivity contribution in [2.45, 2.75) is 3.79 Å². The Labute approximate surface area is 119 Å². The number of hydrogen-bond acceptors (Lipinski definition) is 4. The molecule has 18 heavy (non-hydrogen) atoms. The molecule has 0 radical (unpaired) electrons. The summed E-state index contributed by atoms with van der Waals surface area (Å²) >= 11 is 16.5. The molecule has 0 fully saturated rings. The maximum atomic E-state index is 11.8. The number of carbonyl (C=O) groups excluding carboxylic acids is 1. The number of halogens is 3. The Morgan fingerprint density at radius 2 is 2.06 bits per heavy atom. The van der Waals surface area contributed by atoms with Gasteiger partial charge < -0.3 is 15.6 Å². The number of methoxy groups -OCH3 is 1. The second kappa shape index (κ2) is 5.69. The van der Waals surface area contributed by atoms with Gasteiger partial charge >= 0.3 is 0 Å². The van der Waals surface area contributed by atoms with Crippen molar-refractivity contribution in [3.63, 3.8) is 0 Å². The molecule has 98 valence electrons. The van der Waals surface area contributed by atoms with E-state index in [0.717, 1.165) is 6.08 Å². The van der Waals surface area contributed by atoms with Crippen molar-refractivity contribution in [2.24, 2.45) is 5.73 Å². The van der Waals surface area contributed by atoms with Crippen LogP contribution in [0.2, 0.25) is 0 Å². The van der Waals surface area contributed by atoms with Crippen LogP contribution < -0.4 is 10.5 Å². The average molecular weight is 311 g/mol. The molecule has 0 aliphatic heterocycles. The van der Waals surface area contributed by atoms with E-state index >= 15 is 0 Å². The summed E-state index contributed by atoms with van der Waals surface area (Å²) in [6, 6.07) is 4.21. The maximum absolute atomic E-state index is 11.8. The Morgan fingerprint density at radius 3 is 2.50 bits per heavy atom. The molecule has 3 N–H and O–H groups in total.